The highest BCUT2D eigenvalue weighted by Gasteiger charge is 2.05. The normalized spacial score (nSPS) is 12.1. The molecule has 88 valence electrons. The minimum absolute atomic E-state index is 0.621. The SMILES string of the molecule is Cc1ccc(S(=S)Oc2ccccc2)c(C)c1. The number of benzene rings is 2. The Morgan fingerprint density at radius 1 is 1.00 bits per heavy atom. The van der Waals surface area contributed by atoms with Crippen LogP contribution in [0.4, 0.5) is 0 Å². The number of para-hydroxylation sites is 1. The lowest BCUT2D eigenvalue weighted by atomic mass is 10.2. The Kier molecular flexibility index (Phi) is 3.92. The largest absolute Gasteiger partial charge is 0.419 e. The molecule has 0 saturated carbocycles. The van der Waals surface area contributed by atoms with Crippen molar-refractivity contribution in [2.45, 2.75) is 18.7 Å². The van der Waals surface area contributed by atoms with E-state index in [1.54, 1.807) is 0 Å². The lowest BCUT2D eigenvalue weighted by Crippen LogP contribution is -2.01. The maximum atomic E-state index is 5.76. The topological polar surface area (TPSA) is 9.23 Å². The quantitative estimate of drug-likeness (QED) is 0.833. The van der Waals surface area contributed by atoms with Crippen molar-refractivity contribution in [3.05, 3.63) is 59.7 Å². The molecule has 0 aliphatic carbocycles. The lowest BCUT2D eigenvalue weighted by molar-refractivity contribution is 0.639. The summed E-state index contributed by atoms with van der Waals surface area (Å²) in [5.74, 6) is 0.825. The molecule has 0 N–H and O–H groups in total. The second-order valence-corrected chi connectivity index (χ2v) is 5.88. The molecule has 0 spiro atoms. The summed E-state index contributed by atoms with van der Waals surface area (Å²) >= 11 is 5.42. The molecule has 0 heterocycles. The first kappa shape index (κ1) is 12.3. The van der Waals surface area contributed by atoms with Crippen LogP contribution in [-0.2, 0) is 20.9 Å². The fourth-order valence-corrected chi connectivity index (χ4v) is 3.27. The summed E-state index contributed by atoms with van der Waals surface area (Å²) in [7, 11) is -0.621. The van der Waals surface area contributed by atoms with Gasteiger partial charge in [0.15, 0.2) is 0 Å². The third-order valence-corrected chi connectivity index (χ3v) is 4.33. The smallest absolute Gasteiger partial charge is 0.138 e. The Labute approximate surface area is 109 Å². The standard InChI is InChI=1S/C14H14OS2/c1-11-8-9-14(12(2)10-11)17(16)15-13-6-4-3-5-7-13/h3-10H,1-2H3. The zero-order valence-corrected chi connectivity index (χ0v) is 11.5. The van der Waals surface area contributed by atoms with Crippen molar-refractivity contribution in [2.24, 2.45) is 0 Å². The van der Waals surface area contributed by atoms with Crippen molar-refractivity contribution < 1.29 is 4.18 Å². The molecule has 0 radical (unpaired) electrons. The van der Waals surface area contributed by atoms with Crippen LogP contribution in [0.1, 0.15) is 11.1 Å². The summed E-state index contributed by atoms with van der Waals surface area (Å²) in [6, 6.07) is 16.0. The first-order valence-electron chi connectivity index (χ1n) is 5.39. The summed E-state index contributed by atoms with van der Waals surface area (Å²) in [5, 5.41) is 0. The second-order valence-electron chi connectivity index (χ2n) is 3.90. The molecular formula is C14H14OS2. The average molecular weight is 262 g/mol. The van der Waals surface area contributed by atoms with E-state index in [-0.39, 0.29) is 0 Å². The molecule has 17 heavy (non-hydrogen) atoms. The lowest BCUT2D eigenvalue weighted by Gasteiger charge is -2.10. The van der Waals surface area contributed by atoms with Crippen LogP contribution in [0.15, 0.2) is 53.4 Å². The summed E-state index contributed by atoms with van der Waals surface area (Å²) in [6.45, 7) is 4.15. The Bertz CT molecular complexity index is 535. The van der Waals surface area contributed by atoms with Crippen LogP contribution in [0.5, 0.6) is 5.75 Å². The van der Waals surface area contributed by atoms with E-state index in [9.17, 15) is 0 Å². The van der Waals surface area contributed by atoms with E-state index < -0.39 is 9.74 Å². The van der Waals surface area contributed by atoms with Crippen molar-refractivity contribution in [1.29, 1.82) is 0 Å². The highest BCUT2D eigenvalue weighted by Crippen LogP contribution is 2.19. The number of aryl methyl sites for hydroxylation is 2. The zero-order chi connectivity index (χ0) is 12.3. The Morgan fingerprint density at radius 2 is 1.71 bits per heavy atom. The van der Waals surface area contributed by atoms with E-state index in [4.69, 9.17) is 15.4 Å². The summed E-state index contributed by atoms with van der Waals surface area (Å²) in [5.41, 5.74) is 2.44. The van der Waals surface area contributed by atoms with Gasteiger partial charge in [0.1, 0.15) is 5.75 Å². The van der Waals surface area contributed by atoms with Gasteiger partial charge in [0.05, 0.1) is 14.6 Å². The molecule has 2 rings (SSSR count). The molecule has 2 aromatic carbocycles. The van der Waals surface area contributed by atoms with Gasteiger partial charge in [0.2, 0.25) is 0 Å². The molecule has 0 bridgehead atoms. The number of hydrogen-bond acceptors (Lipinski definition) is 2. The van der Waals surface area contributed by atoms with Gasteiger partial charge in [-0.05, 0) is 48.8 Å². The predicted molar refractivity (Wildman–Crippen MR) is 76.0 cm³/mol. The average Bonchev–Trinajstić information content (AvgIpc) is 2.30. The minimum Gasteiger partial charge on any atom is -0.419 e. The molecule has 0 saturated heterocycles. The van der Waals surface area contributed by atoms with Gasteiger partial charge in [-0.2, -0.15) is 0 Å². The Morgan fingerprint density at radius 3 is 2.35 bits per heavy atom. The third kappa shape index (κ3) is 3.14. The molecule has 0 aliphatic heterocycles. The van der Waals surface area contributed by atoms with Gasteiger partial charge >= 0.3 is 0 Å². The van der Waals surface area contributed by atoms with Gasteiger partial charge in [-0.3, -0.25) is 0 Å². The molecule has 3 heteroatoms. The third-order valence-electron chi connectivity index (χ3n) is 2.43. The van der Waals surface area contributed by atoms with Gasteiger partial charge < -0.3 is 4.18 Å². The molecule has 0 aliphatic rings. The molecule has 0 fully saturated rings. The van der Waals surface area contributed by atoms with Gasteiger partial charge in [-0.25, -0.2) is 0 Å². The summed E-state index contributed by atoms with van der Waals surface area (Å²) in [4.78, 5) is 1.09. The van der Waals surface area contributed by atoms with E-state index in [0.29, 0.717) is 0 Å². The number of rotatable bonds is 3. The predicted octanol–water partition coefficient (Wildman–Crippen LogP) is 3.74. The van der Waals surface area contributed by atoms with Crippen molar-refractivity contribution >= 4 is 20.9 Å². The molecule has 0 amide bonds. The first-order valence-corrected chi connectivity index (χ1v) is 7.47. The Hall–Kier alpha value is -1.19. The van der Waals surface area contributed by atoms with Crippen LogP contribution in [0.2, 0.25) is 0 Å². The van der Waals surface area contributed by atoms with E-state index in [1.807, 2.05) is 30.3 Å². The van der Waals surface area contributed by atoms with Crippen molar-refractivity contribution in [2.75, 3.05) is 0 Å². The first-order chi connectivity index (χ1) is 8.16. The maximum Gasteiger partial charge on any atom is 0.138 e. The van der Waals surface area contributed by atoms with E-state index in [0.717, 1.165) is 10.6 Å². The zero-order valence-electron chi connectivity index (χ0n) is 9.84. The fraction of sp³-hybridized carbons (Fsp3) is 0.143. The van der Waals surface area contributed by atoms with Crippen molar-refractivity contribution in [1.82, 2.24) is 0 Å². The molecular weight excluding hydrogens is 248 g/mol. The fourth-order valence-electron chi connectivity index (χ4n) is 1.59. The van der Waals surface area contributed by atoms with Crippen LogP contribution < -0.4 is 4.18 Å². The van der Waals surface area contributed by atoms with E-state index in [1.165, 1.54) is 11.1 Å². The second kappa shape index (κ2) is 5.43. The highest BCUT2D eigenvalue weighted by atomic mass is 32.8. The number of hydrogen-bond donors (Lipinski definition) is 0. The minimum atomic E-state index is -0.621. The van der Waals surface area contributed by atoms with Gasteiger partial charge in [0, 0.05) is 0 Å². The van der Waals surface area contributed by atoms with Crippen LogP contribution in [-0.4, -0.2) is 0 Å². The monoisotopic (exact) mass is 262 g/mol. The molecule has 0 aromatic heterocycles. The van der Waals surface area contributed by atoms with Crippen molar-refractivity contribution in [3.8, 4) is 5.75 Å². The molecule has 1 unspecified atom stereocenters. The van der Waals surface area contributed by atoms with Gasteiger partial charge in [-0.15, -0.1) is 0 Å². The maximum absolute atomic E-state index is 5.76. The van der Waals surface area contributed by atoms with Gasteiger partial charge in [0.25, 0.3) is 0 Å². The summed E-state index contributed by atoms with van der Waals surface area (Å²) < 4.78 is 5.76. The van der Waals surface area contributed by atoms with E-state index in [2.05, 4.69) is 32.0 Å². The molecule has 1 nitrogen and oxygen atoms in total. The summed E-state index contributed by atoms with van der Waals surface area (Å²) in [6.07, 6.45) is 0. The molecule has 2 aromatic rings. The van der Waals surface area contributed by atoms with Crippen LogP contribution in [0.25, 0.3) is 0 Å². The van der Waals surface area contributed by atoms with Crippen LogP contribution in [0, 0.1) is 13.8 Å². The van der Waals surface area contributed by atoms with Crippen molar-refractivity contribution in [3.63, 3.8) is 0 Å². The van der Waals surface area contributed by atoms with Crippen LogP contribution in [0.3, 0.4) is 0 Å². The Balaban J connectivity index is 2.21. The molecule has 1 atom stereocenters. The van der Waals surface area contributed by atoms with Gasteiger partial charge in [-0.1, -0.05) is 35.9 Å². The van der Waals surface area contributed by atoms with E-state index >= 15 is 0 Å². The van der Waals surface area contributed by atoms with Crippen LogP contribution >= 0.6 is 0 Å². The highest BCUT2D eigenvalue weighted by molar-refractivity contribution is 8.26.